The van der Waals surface area contributed by atoms with E-state index < -0.39 is 68.8 Å². The van der Waals surface area contributed by atoms with E-state index in [1.54, 1.807) is 46.1 Å². The van der Waals surface area contributed by atoms with Gasteiger partial charge in [0.2, 0.25) is 5.78 Å². The number of phenolic OH excluding ortho intramolecular Hbond substituents is 1. The molecule has 6 N–H and O–H groups in total. The van der Waals surface area contributed by atoms with Gasteiger partial charge in [-0.2, -0.15) is 0 Å². The number of aliphatic hydroxyl groups is 3. The molecule has 1 saturated carbocycles. The summed E-state index contributed by atoms with van der Waals surface area (Å²) in [5, 5.41) is 46.5. The van der Waals surface area contributed by atoms with Crippen LogP contribution in [0.25, 0.3) is 5.76 Å². The van der Waals surface area contributed by atoms with Gasteiger partial charge >= 0.3 is 5.97 Å². The molecular formula is C32H39N3O9. The maximum Gasteiger partial charge on any atom is 0.384 e. The first-order valence-electron chi connectivity index (χ1n) is 14.3. The molecule has 0 bridgehead atoms. The number of aliphatic hydroxyl groups excluding tert-OH is 2. The quantitative estimate of drug-likeness (QED) is 0.136. The van der Waals surface area contributed by atoms with Crippen molar-refractivity contribution in [3.05, 3.63) is 39.7 Å². The Balaban J connectivity index is 2.00. The van der Waals surface area contributed by atoms with Gasteiger partial charge in [-0.25, -0.2) is 4.79 Å². The molecule has 0 radical (unpaired) electrons. The summed E-state index contributed by atoms with van der Waals surface area (Å²) in [6, 6.07) is 0.318. The SMILES string of the molecule is CCCCOC(=O)C#Cc1cc(N(C)C)c2c(c1O)C(O)=C1C(=O)[C@]3(O)C(O)=C(C(N)=O)C(=O)[C@@H](N(C)C)[C@]3(C)C[C@]1(C)C2. The number of hydrogen-bond acceptors (Lipinski definition) is 11. The Labute approximate surface area is 255 Å². The molecule has 1 fully saturated rings. The number of benzene rings is 1. The average molecular weight is 610 g/mol. The molecule has 3 aliphatic rings. The fraction of sp³-hybridized carbons (Fsp3) is 0.500. The number of carbonyl (C=O) groups excluding carboxylic acids is 4. The molecule has 0 spiro atoms. The normalized spacial score (nSPS) is 27.7. The van der Waals surface area contributed by atoms with Crippen LogP contribution in [0.4, 0.5) is 5.69 Å². The van der Waals surface area contributed by atoms with Crippen LogP contribution in [-0.2, 0) is 30.3 Å². The van der Waals surface area contributed by atoms with Crippen LogP contribution in [0.3, 0.4) is 0 Å². The highest BCUT2D eigenvalue weighted by atomic mass is 16.5. The van der Waals surface area contributed by atoms with E-state index in [9.17, 15) is 39.6 Å². The van der Waals surface area contributed by atoms with Crippen LogP contribution in [0.5, 0.6) is 5.75 Å². The molecule has 0 unspecified atom stereocenters. The molecule has 3 aliphatic carbocycles. The van der Waals surface area contributed by atoms with Crippen LogP contribution in [0, 0.1) is 22.7 Å². The zero-order chi connectivity index (χ0) is 33.1. The van der Waals surface area contributed by atoms with Crippen LogP contribution in [0.15, 0.2) is 23.0 Å². The molecular weight excluding hydrogens is 570 g/mol. The summed E-state index contributed by atoms with van der Waals surface area (Å²) in [5.74, 6) is -1.47. The number of nitrogens with zero attached hydrogens (tertiary/aromatic N) is 2. The zero-order valence-corrected chi connectivity index (χ0v) is 26.0. The lowest BCUT2D eigenvalue weighted by Crippen LogP contribution is -2.72. The maximum atomic E-state index is 14.4. The van der Waals surface area contributed by atoms with Crippen LogP contribution >= 0.6 is 0 Å². The molecule has 1 aromatic carbocycles. The molecule has 12 nitrogen and oxygen atoms in total. The number of nitrogens with two attached hydrogens (primary N) is 1. The lowest BCUT2D eigenvalue weighted by Gasteiger charge is -2.59. The number of hydrogen-bond donors (Lipinski definition) is 5. The molecule has 4 rings (SSSR count). The van der Waals surface area contributed by atoms with Gasteiger partial charge in [-0.1, -0.05) is 33.1 Å². The number of ether oxygens (including phenoxy) is 1. The van der Waals surface area contributed by atoms with Crippen molar-refractivity contribution in [1.82, 2.24) is 4.90 Å². The second kappa shape index (κ2) is 11.0. The first-order valence-corrected chi connectivity index (χ1v) is 14.3. The molecule has 1 aromatic rings. The third-order valence-electron chi connectivity index (χ3n) is 9.12. The second-order valence-electron chi connectivity index (χ2n) is 12.7. The number of ketones is 2. The summed E-state index contributed by atoms with van der Waals surface area (Å²) in [7, 11) is 6.57. The van der Waals surface area contributed by atoms with E-state index >= 15 is 0 Å². The van der Waals surface area contributed by atoms with Crippen LogP contribution < -0.4 is 10.6 Å². The Morgan fingerprint density at radius 2 is 1.77 bits per heavy atom. The van der Waals surface area contributed by atoms with Crippen molar-refractivity contribution in [1.29, 1.82) is 0 Å². The minimum Gasteiger partial charge on any atom is -0.508 e. The van der Waals surface area contributed by atoms with E-state index in [4.69, 9.17) is 10.5 Å². The molecule has 12 heteroatoms. The average Bonchev–Trinajstić information content (AvgIpc) is 2.89. The molecule has 0 aliphatic heterocycles. The number of carbonyl (C=O) groups is 4. The second-order valence-corrected chi connectivity index (χ2v) is 12.7. The lowest BCUT2D eigenvalue weighted by atomic mass is 9.46. The van der Waals surface area contributed by atoms with Gasteiger partial charge in [0.1, 0.15) is 22.8 Å². The molecule has 0 aromatic heterocycles. The topological polar surface area (TPSA) is 191 Å². The number of unbranched alkanes of at least 4 members (excludes halogenated alkanes) is 1. The number of Topliss-reactive ketones (excluding diaryl/α,β-unsaturated/α-hetero) is 2. The van der Waals surface area contributed by atoms with Gasteiger partial charge in [-0.3, -0.25) is 19.3 Å². The van der Waals surface area contributed by atoms with E-state index in [0.717, 1.165) is 6.42 Å². The van der Waals surface area contributed by atoms with Crippen molar-refractivity contribution in [3.63, 3.8) is 0 Å². The highest BCUT2D eigenvalue weighted by molar-refractivity contribution is 6.25. The summed E-state index contributed by atoms with van der Waals surface area (Å²) in [4.78, 5) is 55.6. The smallest absolute Gasteiger partial charge is 0.384 e. The molecule has 4 atom stereocenters. The van der Waals surface area contributed by atoms with E-state index in [-0.39, 0.29) is 36.1 Å². The lowest BCUT2D eigenvalue weighted by molar-refractivity contribution is -0.176. The third kappa shape index (κ3) is 4.53. The first kappa shape index (κ1) is 32.6. The molecule has 1 amide bonds. The zero-order valence-electron chi connectivity index (χ0n) is 26.0. The highest BCUT2D eigenvalue weighted by Gasteiger charge is 2.72. The van der Waals surface area contributed by atoms with E-state index in [2.05, 4.69) is 11.8 Å². The highest BCUT2D eigenvalue weighted by Crippen LogP contribution is 2.63. The number of fused-ring (bicyclic) bond motifs is 3. The van der Waals surface area contributed by atoms with Crippen molar-refractivity contribution in [2.45, 2.75) is 58.1 Å². The van der Waals surface area contributed by atoms with Gasteiger partial charge in [0, 0.05) is 42.1 Å². The van der Waals surface area contributed by atoms with Crippen LogP contribution in [-0.4, -0.2) is 95.2 Å². The van der Waals surface area contributed by atoms with E-state index in [1.165, 1.54) is 11.8 Å². The fourth-order valence-electron chi connectivity index (χ4n) is 7.33. The number of anilines is 1. The van der Waals surface area contributed by atoms with Crippen molar-refractivity contribution in [2.24, 2.45) is 16.6 Å². The largest absolute Gasteiger partial charge is 0.508 e. The summed E-state index contributed by atoms with van der Waals surface area (Å²) in [6.45, 7) is 5.32. The van der Waals surface area contributed by atoms with Gasteiger partial charge < -0.3 is 35.8 Å². The van der Waals surface area contributed by atoms with Crippen molar-refractivity contribution >= 4 is 34.9 Å². The van der Waals surface area contributed by atoms with Gasteiger partial charge in [0.25, 0.3) is 5.91 Å². The standard InChI is InChI=1S/C32H39N3O9/c1-8-9-12-44-19(36)11-10-16-13-18(34(4)5)17-14-30(2)15-31(3)26(35(6)7)25(39)21(29(33)42)27(40)32(31,43)28(41)22(30)24(38)20(17)23(16)37/h13,26,37-38,40,43H,8-9,12,14-15H2,1-7H3,(H2,33,42)/t26-,30+,31+,32-/m1/s1. The van der Waals surface area contributed by atoms with Gasteiger partial charge in [0.15, 0.2) is 11.4 Å². The third-order valence-corrected chi connectivity index (χ3v) is 9.12. The first-order chi connectivity index (χ1) is 20.4. The van der Waals surface area contributed by atoms with Gasteiger partial charge in [-0.15, -0.1) is 0 Å². The maximum absolute atomic E-state index is 14.4. The van der Waals surface area contributed by atoms with Crippen molar-refractivity contribution < 1.29 is 44.3 Å². The van der Waals surface area contributed by atoms with E-state index in [1.807, 2.05) is 6.92 Å². The van der Waals surface area contributed by atoms with Gasteiger partial charge in [0.05, 0.1) is 23.8 Å². The number of likely N-dealkylation sites (N-methyl/N-ethyl adjacent to an activating group) is 1. The molecule has 0 saturated heterocycles. The Hall–Kier alpha value is -4.34. The molecule has 236 valence electrons. The number of rotatable bonds is 6. The predicted molar refractivity (Wildman–Crippen MR) is 161 cm³/mol. The minimum absolute atomic E-state index is 0.0165. The summed E-state index contributed by atoms with van der Waals surface area (Å²) in [5.41, 5.74) is -0.590. The summed E-state index contributed by atoms with van der Waals surface area (Å²) in [6.07, 6.45) is 1.47. The van der Waals surface area contributed by atoms with Gasteiger partial charge in [-0.05, 0) is 45.0 Å². The summed E-state index contributed by atoms with van der Waals surface area (Å²) < 4.78 is 5.07. The minimum atomic E-state index is -2.82. The Morgan fingerprint density at radius 3 is 2.32 bits per heavy atom. The monoisotopic (exact) mass is 609 g/mol. The van der Waals surface area contributed by atoms with Crippen molar-refractivity contribution in [2.75, 3.05) is 39.7 Å². The van der Waals surface area contributed by atoms with Crippen LogP contribution in [0.2, 0.25) is 0 Å². The Bertz CT molecular complexity index is 1610. The Kier molecular flexibility index (Phi) is 8.13. The van der Waals surface area contributed by atoms with Crippen LogP contribution in [0.1, 0.15) is 56.7 Å². The summed E-state index contributed by atoms with van der Waals surface area (Å²) >= 11 is 0. The molecule has 44 heavy (non-hydrogen) atoms. The number of amides is 1. The Morgan fingerprint density at radius 1 is 1.14 bits per heavy atom. The predicted octanol–water partition coefficient (Wildman–Crippen LogP) is 1.51. The van der Waals surface area contributed by atoms with E-state index in [0.29, 0.717) is 17.7 Å². The van der Waals surface area contributed by atoms with Crippen molar-refractivity contribution in [3.8, 4) is 17.6 Å². The number of phenols is 1. The number of esters is 1. The number of primary amides is 1. The molecule has 0 heterocycles. The fourth-order valence-corrected chi connectivity index (χ4v) is 7.33. The number of aromatic hydroxyl groups is 1.